The maximum atomic E-state index is 13.1. The second kappa shape index (κ2) is 7.82. The molecule has 0 heterocycles. The normalized spacial score (nSPS) is 10.6. The fourth-order valence-corrected chi connectivity index (χ4v) is 1.87. The summed E-state index contributed by atoms with van der Waals surface area (Å²) >= 11 is 0. The Balaban J connectivity index is 1.91. The van der Waals surface area contributed by atoms with Gasteiger partial charge < -0.3 is 10.2 Å². The highest BCUT2D eigenvalue weighted by molar-refractivity contribution is 5.92. The molecule has 0 bridgehead atoms. The Morgan fingerprint density at radius 2 is 2.12 bits per heavy atom. The Morgan fingerprint density at radius 1 is 1.38 bits per heavy atom. The third-order valence-corrected chi connectivity index (χ3v) is 3.07. The van der Waals surface area contributed by atoms with Gasteiger partial charge in [0, 0.05) is 11.8 Å². The standard InChI is InChI=1S/C16H14FN3O4/c1-11-6-7-13(17)8-14(11)19-16(21)10-24-18-9-12-4-2-3-5-15(12)20(22)23/h2-9H,10H2,1H3,(H,19,21)/b18-9+. The number of carbonyl (C=O) groups excluding carboxylic acids is 1. The van der Waals surface area contributed by atoms with Crippen molar-refractivity contribution < 1.29 is 18.9 Å². The van der Waals surface area contributed by atoms with Gasteiger partial charge in [0.1, 0.15) is 5.82 Å². The fraction of sp³-hybridized carbons (Fsp3) is 0.125. The average molecular weight is 331 g/mol. The molecular formula is C16H14FN3O4. The van der Waals surface area contributed by atoms with E-state index in [0.717, 1.165) is 6.21 Å². The summed E-state index contributed by atoms with van der Waals surface area (Å²) in [5, 5.41) is 16.9. The molecule has 0 aliphatic rings. The van der Waals surface area contributed by atoms with Crippen molar-refractivity contribution in [2.75, 3.05) is 11.9 Å². The molecule has 0 saturated heterocycles. The molecule has 0 spiro atoms. The molecule has 1 amide bonds. The zero-order valence-corrected chi connectivity index (χ0v) is 12.7. The second-order valence-electron chi connectivity index (χ2n) is 4.83. The molecule has 0 saturated carbocycles. The van der Waals surface area contributed by atoms with E-state index in [1.807, 2.05) is 0 Å². The van der Waals surface area contributed by atoms with Crippen LogP contribution in [0.3, 0.4) is 0 Å². The number of nitrogens with zero attached hydrogens (tertiary/aromatic N) is 2. The van der Waals surface area contributed by atoms with Crippen LogP contribution in [0.1, 0.15) is 11.1 Å². The molecule has 124 valence electrons. The van der Waals surface area contributed by atoms with E-state index in [4.69, 9.17) is 4.84 Å². The molecule has 0 aliphatic carbocycles. The lowest BCUT2D eigenvalue weighted by molar-refractivity contribution is -0.385. The van der Waals surface area contributed by atoms with Crippen LogP contribution < -0.4 is 5.32 Å². The van der Waals surface area contributed by atoms with Crippen molar-refractivity contribution >= 4 is 23.5 Å². The third-order valence-electron chi connectivity index (χ3n) is 3.07. The number of benzene rings is 2. The van der Waals surface area contributed by atoms with Crippen LogP contribution in [-0.4, -0.2) is 23.7 Å². The van der Waals surface area contributed by atoms with Gasteiger partial charge >= 0.3 is 0 Å². The van der Waals surface area contributed by atoms with Crippen molar-refractivity contribution in [3.63, 3.8) is 0 Å². The zero-order valence-electron chi connectivity index (χ0n) is 12.7. The number of para-hydroxylation sites is 1. The highest BCUT2D eigenvalue weighted by Gasteiger charge is 2.10. The number of aryl methyl sites for hydroxylation is 1. The minimum absolute atomic E-state index is 0.121. The van der Waals surface area contributed by atoms with Gasteiger partial charge in [-0.3, -0.25) is 14.9 Å². The van der Waals surface area contributed by atoms with Gasteiger partial charge in [-0.25, -0.2) is 4.39 Å². The van der Waals surface area contributed by atoms with E-state index in [0.29, 0.717) is 11.3 Å². The summed E-state index contributed by atoms with van der Waals surface area (Å²) in [5.41, 5.74) is 1.17. The molecule has 0 unspecified atom stereocenters. The van der Waals surface area contributed by atoms with Gasteiger partial charge in [0.25, 0.3) is 11.6 Å². The number of halogens is 1. The smallest absolute Gasteiger partial charge is 0.278 e. The summed E-state index contributed by atoms with van der Waals surface area (Å²) < 4.78 is 13.1. The molecular weight excluding hydrogens is 317 g/mol. The number of amides is 1. The lowest BCUT2D eigenvalue weighted by Crippen LogP contribution is -2.17. The molecule has 0 aromatic heterocycles. The highest BCUT2D eigenvalue weighted by Crippen LogP contribution is 2.16. The number of oxime groups is 1. The number of hydrogen-bond acceptors (Lipinski definition) is 5. The number of carbonyl (C=O) groups is 1. The Hall–Kier alpha value is -3.29. The first-order valence-corrected chi connectivity index (χ1v) is 6.92. The second-order valence-corrected chi connectivity index (χ2v) is 4.83. The molecule has 24 heavy (non-hydrogen) atoms. The number of anilines is 1. The quantitative estimate of drug-likeness (QED) is 0.500. The largest absolute Gasteiger partial charge is 0.386 e. The first-order chi connectivity index (χ1) is 11.5. The Labute approximate surface area is 136 Å². The molecule has 2 aromatic carbocycles. The summed E-state index contributed by atoms with van der Waals surface area (Å²) in [7, 11) is 0. The lowest BCUT2D eigenvalue weighted by Gasteiger charge is -2.07. The predicted octanol–water partition coefficient (Wildman–Crippen LogP) is 3.03. The van der Waals surface area contributed by atoms with Crippen LogP contribution in [0.2, 0.25) is 0 Å². The van der Waals surface area contributed by atoms with E-state index in [1.165, 1.54) is 30.3 Å². The number of nitro benzene ring substituents is 1. The average Bonchev–Trinajstić information content (AvgIpc) is 2.55. The first-order valence-electron chi connectivity index (χ1n) is 6.92. The Bertz CT molecular complexity index is 793. The van der Waals surface area contributed by atoms with Crippen LogP contribution in [0.4, 0.5) is 15.8 Å². The van der Waals surface area contributed by atoms with Crippen molar-refractivity contribution in [2.24, 2.45) is 5.16 Å². The number of rotatable bonds is 6. The molecule has 0 fully saturated rings. The minimum atomic E-state index is -0.541. The van der Waals surface area contributed by atoms with Crippen molar-refractivity contribution in [3.05, 3.63) is 69.5 Å². The summed E-state index contributed by atoms with van der Waals surface area (Å²) in [6, 6.07) is 10.0. The molecule has 2 aromatic rings. The van der Waals surface area contributed by atoms with Gasteiger partial charge in [0.15, 0.2) is 6.61 Å². The highest BCUT2D eigenvalue weighted by atomic mass is 19.1. The Morgan fingerprint density at radius 3 is 2.88 bits per heavy atom. The fourth-order valence-electron chi connectivity index (χ4n) is 1.87. The maximum absolute atomic E-state index is 13.1. The van der Waals surface area contributed by atoms with Crippen molar-refractivity contribution in [1.82, 2.24) is 0 Å². The van der Waals surface area contributed by atoms with E-state index >= 15 is 0 Å². The van der Waals surface area contributed by atoms with E-state index in [9.17, 15) is 19.3 Å². The number of hydrogen-bond donors (Lipinski definition) is 1. The lowest BCUT2D eigenvalue weighted by atomic mass is 10.2. The Kier molecular flexibility index (Phi) is 5.56. The molecule has 7 nitrogen and oxygen atoms in total. The van der Waals surface area contributed by atoms with Crippen LogP contribution in [0.15, 0.2) is 47.6 Å². The van der Waals surface area contributed by atoms with E-state index in [-0.39, 0.29) is 11.3 Å². The van der Waals surface area contributed by atoms with Crippen molar-refractivity contribution in [3.8, 4) is 0 Å². The molecule has 8 heteroatoms. The van der Waals surface area contributed by atoms with Gasteiger partial charge in [-0.05, 0) is 30.7 Å². The monoisotopic (exact) mass is 331 g/mol. The third kappa shape index (κ3) is 4.60. The number of nitrogens with one attached hydrogen (secondary N) is 1. The van der Waals surface area contributed by atoms with E-state index in [2.05, 4.69) is 10.5 Å². The van der Waals surface area contributed by atoms with Crippen LogP contribution in [-0.2, 0) is 9.63 Å². The van der Waals surface area contributed by atoms with Crippen molar-refractivity contribution in [2.45, 2.75) is 6.92 Å². The molecule has 0 aliphatic heterocycles. The summed E-state index contributed by atoms with van der Waals surface area (Å²) in [4.78, 5) is 26.8. The van der Waals surface area contributed by atoms with E-state index < -0.39 is 23.3 Å². The zero-order chi connectivity index (χ0) is 17.5. The molecule has 0 atom stereocenters. The molecule has 0 radical (unpaired) electrons. The van der Waals surface area contributed by atoms with Crippen LogP contribution in [0, 0.1) is 22.9 Å². The van der Waals surface area contributed by atoms with Crippen LogP contribution in [0.5, 0.6) is 0 Å². The van der Waals surface area contributed by atoms with Gasteiger partial charge in [-0.1, -0.05) is 23.4 Å². The van der Waals surface area contributed by atoms with Crippen LogP contribution in [0.25, 0.3) is 0 Å². The van der Waals surface area contributed by atoms with Gasteiger partial charge in [-0.2, -0.15) is 0 Å². The SMILES string of the molecule is Cc1ccc(F)cc1NC(=O)CO/N=C/c1ccccc1[N+](=O)[O-]. The van der Waals surface area contributed by atoms with E-state index in [1.54, 1.807) is 19.1 Å². The summed E-state index contributed by atoms with van der Waals surface area (Å²) in [6.07, 6.45) is 1.15. The molecule has 1 N–H and O–H groups in total. The van der Waals surface area contributed by atoms with Crippen LogP contribution >= 0.6 is 0 Å². The predicted molar refractivity (Wildman–Crippen MR) is 86.4 cm³/mol. The number of nitro groups is 1. The van der Waals surface area contributed by atoms with Gasteiger partial charge in [0.2, 0.25) is 0 Å². The minimum Gasteiger partial charge on any atom is -0.386 e. The van der Waals surface area contributed by atoms with Gasteiger partial charge in [0.05, 0.1) is 16.7 Å². The summed E-state index contributed by atoms with van der Waals surface area (Å²) in [6.45, 7) is 1.32. The summed E-state index contributed by atoms with van der Waals surface area (Å²) in [5.74, 6) is -0.991. The maximum Gasteiger partial charge on any atom is 0.278 e. The first kappa shape index (κ1) is 17.1. The van der Waals surface area contributed by atoms with Gasteiger partial charge in [-0.15, -0.1) is 0 Å². The van der Waals surface area contributed by atoms with Crippen molar-refractivity contribution in [1.29, 1.82) is 0 Å². The molecule has 2 rings (SSSR count). The topological polar surface area (TPSA) is 93.8 Å².